The summed E-state index contributed by atoms with van der Waals surface area (Å²) in [6.45, 7) is 21.4. The van der Waals surface area contributed by atoms with Crippen molar-refractivity contribution in [1.82, 2.24) is 0 Å². The molecular weight excluding hydrogens is 384 g/mol. The summed E-state index contributed by atoms with van der Waals surface area (Å²) in [6.07, 6.45) is 19.5. The van der Waals surface area contributed by atoms with Crippen molar-refractivity contribution in [2.45, 2.75) is 139 Å². The molecule has 0 heterocycles. The molecule has 32 heavy (non-hydrogen) atoms. The van der Waals surface area contributed by atoms with Crippen LogP contribution in [0.5, 0.6) is 0 Å². The van der Waals surface area contributed by atoms with Crippen molar-refractivity contribution in [2.75, 3.05) is 0 Å². The normalized spacial score (nSPS) is 55.3. The first-order valence-electron chi connectivity index (χ1n) is 14.9. The molecule has 5 aliphatic rings. The molecule has 0 radical (unpaired) electrons. The third-order valence-electron chi connectivity index (χ3n) is 14.2. The van der Waals surface area contributed by atoms with Crippen LogP contribution in [-0.4, -0.2) is 0 Å². The van der Waals surface area contributed by atoms with E-state index < -0.39 is 0 Å². The average Bonchev–Trinajstić information content (AvgIpc) is 3.05. The highest BCUT2D eigenvalue weighted by atomic mass is 14.7. The van der Waals surface area contributed by atoms with E-state index in [-0.39, 0.29) is 0 Å². The predicted molar refractivity (Wildman–Crippen MR) is 139 cm³/mol. The van der Waals surface area contributed by atoms with Gasteiger partial charge in [0.05, 0.1) is 0 Å². The summed E-state index contributed by atoms with van der Waals surface area (Å²) < 4.78 is 0. The molecule has 0 spiro atoms. The summed E-state index contributed by atoms with van der Waals surface area (Å²) >= 11 is 0. The van der Waals surface area contributed by atoms with Crippen LogP contribution in [0.2, 0.25) is 0 Å². The molecule has 0 aromatic rings. The summed E-state index contributed by atoms with van der Waals surface area (Å²) in [7, 11) is 0. The molecule has 0 nitrogen and oxygen atoms in total. The molecule has 0 N–H and O–H groups in total. The van der Waals surface area contributed by atoms with E-state index in [2.05, 4.69) is 55.4 Å². The zero-order chi connectivity index (χ0) is 23.2. The fraction of sp³-hybridized carbons (Fsp3) is 1.00. The van der Waals surface area contributed by atoms with Crippen molar-refractivity contribution >= 4 is 0 Å². The molecule has 1 unspecified atom stereocenters. The molecule has 0 aromatic heterocycles. The van der Waals surface area contributed by atoms with Gasteiger partial charge >= 0.3 is 0 Å². The largest absolute Gasteiger partial charge is 0.0654 e. The fourth-order valence-corrected chi connectivity index (χ4v) is 12.7. The minimum atomic E-state index is 0.559. The Balaban J connectivity index is 1.48. The van der Waals surface area contributed by atoms with Crippen molar-refractivity contribution in [3.63, 3.8) is 0 Å². The predicted octanol–water partition coefficient (Wildman–Crippen LogP) is 9.91. The van der Waals surface area contributed by atoms with Gasteiger partial charge in [-0.15, -0.1) is 0 Å². The van der Waals surface area contributed by atoms with Gasteiger partial charge in [0.25, 0.3) is 0 Å². The van der Waals surface area contributed by atoms with Gasteiger partial charge < -0.3 is 0 Å². The summed E-state index contributed by atoms with van der Waals surface area (Å²) in [5.41, 5.74) is 2.91. The minimum Gasteiger partial charge on any atom is -0.0654 e. The smallest absolute Gasteiger partial charge is 0.0235 e. The molecule has 5 aliphatic carbocycles. The third kappa shape index (κ3) is 2.92. The fourth-order valence-electron chi connectivity index (χ4n) is 12.7. The Labute approximate surface area is 201 Å². The monoisotopic (exact) mass is 440 g/mol. The Morgan fingerprint density at radius 2 is 1.28 bits per heavy atom. The van der Waals surface area contributed by atoms with E-state index >= 15 is 0 Å². The Morgan fingerprint density at radius 1 is 0.656 bits per heavy atom. The van der Waals surface area contributed by atoms with Gasteiger partial charge in [-0.2, -0.15) is 0 Å². The molecular formula is C32H56. The van der Waals surface area contributed by atoms with Crippen LogP contribution in [0.4, 0.5) is 0 Å². The maximum absolute atomic E-state index is 2.83. The molecule has 5 saturated carbocycles. The number of hydrogen-bond acceptors (Lipinski definition) is 0. The molecule has 10 atom stereocenters. The number of hydrogen-bond donors (Lipinski definition) is 0. The van der Waals surface area contributed by atoms with Gasteiger partial charge in [-0.3, -0.25) is 0 Å². The van der Waals surface area contributed by atoms with Gasteiger partial charge in [0.1, 0.15) is 0 Å². The lowest BCUT2D eigenvalue weighted by Gasteiger charge is -2.73. The standard InChI is InChI=1S/C32H56/c1-9-11-22(2)23-14-19-29(5)24(23)15-20-31(7)26(29)12-13-27-30(6)18-10-17-28(3,4)25(30)16-21-32(27,31)8/h22-27H,9-21H2,1-8H3/t22?,23-,24-,25+,26-,27-,29+,30+,31-,32-/m1/s1. The Morgan fingerprint density at radius 3 is 1.94 bits per heavy atom. The van der Waals surface area contributed by atoms with E-state index in [1.54, 1.807) is 6.42 Å². The second kappa shape index (κ2) is 7.50. The van der Waals surface area contributed by atoms with Gasteiger partial charge in [-0.05, 0) is 127 Å². The molecule has 0 aromatic carbocycles. The topological polar surface area (TPSA) is 0 Å². The minimum absolute atomic E-state index is 0.559. The lowest BCUT2D eigenvalue weighted by atomic mass is 9.32. The number of fused-ring (bicyclic) bond motifs is 7. The van der Waals surface area contributed by atoms with E-state index in [4.69, 9.17) is 0 Å². The summed E-state index contributed by atoms with van der Waals surface area (Å²) in [6, 6.07) is 0. The van der Waals surface area contributed by atoms with Crippen molar-refractivity contribution < 1.29 is 0 Å². The van der Waals surface area contributed by atoms with Gasteiger partial charge in [-0.25, -0.2) is 0 Å². The lowest BCUT2D eigenvalue weighted by molar-refractivity contribution is -0.241. The summed E-state index contributed by atoms with van der Waals surface area (Å²) in [4.78, 5) is 0. The molecule has 0 bridgehead atoms. The van der Waals surface area contributed by atoms with Crippen LogP contribution in [-0.2, 0) is 0 Å². The van der Waals surface area contributed by atoms with Crippen LogP contribution < -0.4 is 0 Å². The van der Waals surface area contributed by atoms with Crippen LogP contribution in [0, 0.1) is 62.6 Å². The van der Waals surface area contributed by atoms with Crippen LogP contribution in [0.3, 0.4) is 0 Å². The van der Waals surface area contributed by atoms with E-state index in [0.29, 0.717) is 27.1 Å². The van der Waals surface area contributed by atoms with Gasteiger partial charge in [0.15, 0.2) is 0 Å². The SMILES string of the molecule is CCCC(C)[C@H]1CC[C@@]2(C)[C@@H]1CC[C@]1(C)[C@@H]2CC[C@@H]2[C@@]3(C)CCCC(C)(C)[C@@H]3CC[C@]21C. The van der Waals surface area contributed by atoms with Gasteiger partial charge in [0, 0.05) is 0 Å². The number of rotatable bonds is 3. The van der Waals surface area contributed by atoms with Gasteiger partial charge in [-0.1, -0.05) is 74.7 Å². The zero-order valence-corrected chi connectivity index (χ0v) is 23.2. The molecule has 0 amide bonds. The molecule has 0 heteroatoms. The first-order valence-corrected chi connectivity index (χ1v) is 14.9. The first kappa shape index (κ1) is 23.7. The Kier molecular flexibility index (Phi) is 5.56. The van der Waals surface area contributed by atoms with E-state index in [1.165, 1.54) is 77.0 Å². The Bertz CT molecular complexity index is 720. The molecule has 5 fully saturated rings. The second-order valence-electron chi connectivity index (χ2n) is 15.6. The summed E-state index contributed by atoms with van der Waals surface area (Å²) in [5, 5.41) is 0. The molecule has 0 saturated heterocycles. The van der Waals surface area contributed by atoms with Crippen LogP contribution in [0.15, 0.2) is 0 Å². The van der Waals surface area contributed by atoms with Crippen molar-refractivity contribution in [2.24, 2.45) is 62.6 Å². The van der Waals surface area contributed by atoms with Crippen LogP contribution >= 0.6 is 0 Å². The maximum atomic E-state index is 2.83. The van der Waals surface area contributed by atoms with E-state index in [1.807, 2.05) is 0 Å². The first-order chi connectivity index (χ1) is 14.9. The molecule has 184 valence electrons. The van der Waals surface area contributed by atoms with Crippen molar-refractivity contribution in [3.8, 4) is 0 Å². The highest BCUT2D eigenvalue weighted by Crippen LogP contribution is 2.78. The zero-order valence-electron chi connectivity index (χ0n) is 23.2. The summed E-state index contributed by atoms with van der Waals surface area (Å²) in [5.74, 6) is 5.88. The third-order valence-corrected chi connectivity index (χ3v) is 14.2. The Hall–Kier alpha value is 0. The van der Waals surface area contributed by atoms with Gasteiger partial charge in [0.2, 0.25) is 0 Å². The molecule has 5 rings (SSSR count). The van der Waals surface area contributed by atoms with E-state index in [0.717, 1.165) is 35.5 Å². The second-order valence-corrected chi connectivity index (χ2v) is 15.6. The van der Waals surface area contributed by atoms with Crippen LogP contribution in [0.25, 0.3) is 0 Å². The quantitative estimate of drug-likeness (QED) is 0.409. The highest BCUT2D eigenvalue weighted by Gasteiger charge is 2.70. The van der Waals surface area contributed by atoms with E-state index in [9.17, 15) is 0 Å². The van der Waals surface area contributed by atoms with Crippen LogP contribution in [0.1, 0.15) is 139 Å². The van der Waals surface area contributed by atoms with Crippen molar-refractivity contribution in [3.05, 3.63) is 0 Å². The lowest BCUT2D eigenvalue weighted by Crippen LogP contribution is -2.65. The highest BCUT2D eigenvalue weighted by molar-refractivity contribution is 5.19. The van der Waals surface area contributed by atoms with Crippen molar-refractivity contribution in [1.29, 1.82) is 0 Å². The molecule has 0 aliphatic heterocycles. The average molecular weight is 441 g/mol. The maximum Gasteiger partial charge on any atom is -0.0235 e.